The van der Waals surface area contributed by atoms with Crippen LogP contribution in [0.2, 0.25) is 0 Å². The van der Waals surface area contributed by atoms with Crippen molar-refractivity contribution in [1.29, 1.82) is 0 Å². The van der Waals surface area contributed by atoms with E-state index in [1.54, 1.807) is 7.11 Å². The Morgan fingerprint density at radius 3 is 2.78 bits per heavy atom. The molecule has 0 spiro atoms. The number of rotatable bonds is 9. The van der Waals surface area contributed by atoms with Gasteiger partial charge in [0.25, 0.3) is 0 Å². The summed E-state index contributed by atoms with van der Waals surface area (Å²) in [5.74, 6) is 0.962. The van der Waals surface area contributed by atoms with Gasteiger partial charge in [-0.2, -0.15) is 0 Å². The van der Waals surface area contributed by atoms with E-state index in [2.05, 4.69) is 31.0 Å². The van der Waals surface area contributed by atoms with Gasteiger partial charge in [-0.3, -0.25) is 0 Å². The standard InChI is InChI=1S/C16H25NO/c1-4-5-6-7-10-13-17-14(2)15-11-8-9-12-16(15)18-3/h4,8-9,11-12,14,17H,1,5-7,10,13H2,2-3H3/t14-/m0/s1. The number of hydrogen-bond donors (Lipinski definition) is 1. The lowest BCUT2D eigenvalue weighted by molar-refractivity contribution is 0.401. The van der Waals surface area contributed by atoms with Gasteiger partial charge in [0, 0.05) is 11.6 Å². The summed E-state index contributed by atoms with van der Waals surface area (Å²) in [5.41, 5.74) is 1.23. The number of methoxy groups -OCH3 is 1. The molecule has 1 aromatic rings. The molecule has 0 bridgehead atoms. The van der Waals surface area contributed by atoms with E-state index in [1.165, 1.54) is 24.8 Å². The molecule has 1 rings (SSSR count). The van der Waals surface area contributed by atoms with Crippen molar-refractivity contribution < 1.29 is 4.74 Å². The molecule has 0 unspecified atom stereocenters. The Bertz CT molecular complexity index is 349. The normalized spacial score (nSPS) is 12.1. The van der Waals surface area contributed by atoms with Crippen LogP contribution in [0, 0.1) is 0 Å². The maximum Gasteiger partial charge on any atom is 0.123 e. The third-order valence-corrected chi connectivity index (χ3v) is 3.14. The Balaban J connectivity index is 2.31. The van der Waals surface area contributed by atoms with Gasteiger partial charge in [0.05, 0.1) is 7.11 Å². The lowest BCUT2D eigenvalue weighted by Crippen LogP contribution is -2.20. The summed E-state index contributed by atoms with van der Waals surface area (Å²) >= 11 is 0. The molecule has 2 heteroatoms. The third-order valence-electron chi connectivity index (χ3n) is 3.14. The van der Waals surface area contributed by atoms with Crippen molar-refractivity contribution in [2.24, 2.45) is 0 Å². The Hall–Kier alpha value is -1.28. The summed E-state index contributed by atoms with van der Waals surface area (Å²) in [4.78, 5) is 0. The van der Waals surface area contributed by atoms with Crippen molar-refractivity contribution in [3.05, 3.63) is 42.5 Å². The molecule has 0 aliphatic carbocycles. The molecule has 0 aliphatic rings. The van der Waals surface area contributed by atoms with Gasteiger partial charge in [-0.25, -0.2) is 0 Å². The number of unbranched alkanes of at least 4 members (excludes halogenated alkanes) is 3. The summed E-state index contributed by atoms with van der Waals surface area (Å²) in [7, 11) is 1.72. The van der Waals surface area contributed by atoms with Crippen LogP contribution in [-0.4, -0.2) is 13.7 Å². The Kier molecular flexibility index (Phi) is 7.19. The minimum atomic E-state index is 0.334. The van der Waals surface area contributed by atoms with E-state index in [-0.39, 0.29) is 0 Å². The van der Waals surface area contributed by atoms with Gasteiger partial charge in [-0.1, -0.05) is 30.7 Å². The highest BCUT2D eigenvalue weighted by molar-refractivity contribution is 5.35. The second-order valence-electron chi connectivity index (χ2n) is 4.56. The maximum absolute atomic E-state index is 5.37. The third kappa shape index (κ3) is 4.92. The highest BCUT2D eigenvalue weighted by atomic mass is 16.5. The van der Waals surface area contributed by atoms with E-state index in [0.29, 0.717) is 6.04 Å². The number of nitrogens with one attached hydrogen (secondary N) is 1. The van der Waals surface area contributed by atoms with Gasteiger partial charge in [0.1, 0.15) is 5.75 Å². The number of ether oxygens (including phenoxy) is 1. The fourth-order valence-electron chi connectivity index (χ4n) is 2.04. The second-order valence-corrected chi connectivity index (χ2v) is 4.56. The molecule has 0 saturated carbocycles. The largest absolute Gasteiger partial charge is 0.496 e. The molecule has 0 aromatic heterocycles. The predicted octanol–water partition coefficient (Wildman–Crippen LogP) is 4.09. The van der Waals surface area contributed by atoms with Crippen LogP contribution in [0.15, 0.2) is 36.9 Å². The van der Waals surface area contributed by atoms with Crippen molar-refractivity contribution in [2.45, 2.75) is 38.6 Å². The van der Waals surface area contributed by atoms with Crippen molar-refractivity contribution in [3.8, 4) is 5.75 Å². The van der Waals surface area contributed by atoms with Crippen LogP contribution in [0.3, 0.4) is 0 Å². The van der Waals surface area contributed by atoms with Crippen LogP contribution >= 0.6 is 0 Å². The molecule has 0 radical (unpaired) electrons. The van der Waals surface area contributed by atoms with Crippen LogP contribution in [0.5, 0.6) is 5.75 Å². The molecular weight excluding hydrogens is 222 g/mol. The lowest BCUT2D eigenvalue weighted by atomic mass is 10.1. The summed E-state index contributed by atoms with van der Waals surface area (Å²) in [6, 6.07) is 8.52. The molecule has 0 fully saturated rings. The summed E-state index contributed by atoms with van der Waals surface area (Å²) in [6.45, 7) is 6.97. The fraction of sp³-hybridized carbons (Fsp3) is 0.500. The van der Waals surface area contributed by atoms with E-state index in [4.69, 9.17) is 4.74 Å². The fourth-order valence-corrected chi connectivity index (χ4v) is 2.04. The SMILES string of the molecule is C=CCCCCCN[C@@H](C)c1ccccc1OC. The van der Waals surface area contributed by atoms with Crippen molar-refractivity contribution in [3.63, 3.8) is 0 Å². The molecule has 1 aromatic carbocycles. The highest BCUT2D eigenvalue weighted by Gasteiger charge is 2.09. The van der Waals surface area contributed by atoms with Gasteiger partial charge in [0.15, 0.2) is 0 Å². The Morgan fingerprint density at radius 2 is 2.06 bits per heavy atom. The topological polar surface area (TPSA) is 21.3 Å². The first-order valence-electron chi connectivity index (χ1n) is 6.76. The van der Waals surface area contributed by atoms with E-state index in [0.717, 1.165) is 18.7 Å². The highest BCUT2D eigenvalue weighted by Crippen LogP contribution is 2.24. The predicted molar refractivity (Wildman–Crippen MR) is 78.1 cm³/mol. The van der Waals surface area contributed by atoms with Crippen molar-refractivity contribution >= 4 is 0 Å². The second kappa shape index (κ2) is 8.76. The summed E-state index contributed by atoms with van der Waals surface area (Å²) in [5, 5.41) is 3.54. The number of hydrogen-bond acceptors (Lipinski definition) is 2. The number of para-hydroxylation sites is 1. The molecule has 100 valence electrons. The zero-order valence-electron chi connectivity index (χ0n) is 11.6. The van der Waals surface area contributed by atoms with Crippen molar-refractivity contribution in [2.75, 3.05) is 13.7 Å². The maximum atomic E-state index is 5.37. The minimum Gasteiger partial charge on any atom is -0.496 e. The molecule has 1 N–H and O–H groups in total. The first-order valence-corrected chi connectivity index (χ1v) is 6.76. The lowest BCUT2D eigenvalue weighted by Gasteiger charge is -2.17. The van der Waals surface area contributed by atoms with Crippen LogP contribution < -0.4 is 10.1 Å². The zero-order chi connectivity index (χ0) is 13.2. The summed E-state index contributed by atoms with van der Waals surface area (Å²) in [6.07, 6.45) is 6.84. The van der Waals surface area contributed by atoms with Crippen LogP contribution in [0.25, 0.3) is 0 Å². The molecule has 0 saturated heterocycles. The van der Waals surface area contributed by atoms with Crippen molar-refractivity contribution in [1.82, 2.24) is 5.32 Å². The van der Waals surface area contributed by atoms with E-state index in [9.17, 15) is 0 Å². The molecule has 0 heterocycles. The quantitative estimate of drug-likeness (QED) is 0.524. The zero-order valence-corrected chi connectivity index (χ0v) is 11.6. The first kappa shape index (κ1) is 14.8. The van der Waals surface area contributed by atoms with Crippen LogP contribution in [-0.2, 0) is 0 Å². The minimum absolute atomic E-state index is 0.334. The average Bonchev–Trinajstić information content (AvgIpc) is 2.42. The van der Waals surface area contributed by atoms with Gasteiger partial charge in [0.2, 0.25) is 0 Å². The van der Waals surface area contributed by atoms with Gasteiger partial charge < -0.3 is 10.1 Å². The smallest absolute Gasteiger partial charge is 0.123 e. The number of allylic oxidation sites excluding steroid dienone is 1. The van der Waals surface area contributed by atoms with Gasteiger partial charge in [-0.15, -0.1) is 6.58 Å². The van der Waals surface area contributed by atoms with Gasteiger partial charge in [-0.05, 0) is 38.8 Å². The average molecular weight is 247 g/mol. The van der Waals surface area contributed by atoms with Gasteiger partial charge >= 0.3 is 0 Å². The molecule has 18 heavy (non-hydrogen) atoms. The molecule has 0 aliphatic heterocycles. The monoisotopic (exact) mass is 247 g/mol. The Morgan fingerprint density at radius 1 is 1.28 bits per heavy atom. The molecule has 2 nitrogen and oxygen atoms in total. The van der Waals surface area contributed by atoms with E-state index < -0.39 is 0 Å². The number of benzene rings is 1. The molecular formula is C16H25NO. The van der Waals surface area contributed by atoms with E-state index in [1.807, 2.05) is 18.2 Å². The Labute approximate surface area is 111 Å². The molecule has 0 amide bonds. The van der Waals surface area contributed by atoms with Crippen LogP contribution in [0.4, 0.5) is 0 Å². The first-order chi connectivity index (χ1) is 8.79. The summed E-state index contributed by atoms with van der Waals surface area (Å²) < 4.78 is 5.37. The molecule has 1 atom stereocenters. The van der Waals surface area contributed by atoms with Crippen LogP contribution in [0.1, 0.15) is 44.2 Å². The van der Waals surface area contributed by atoms with E-state index >= 15 is 0 Å².